The third kappa shape index (κ3) is 3.05. The van der Waals surface area contributed by atoms with Crippen LogP contribution in [0.4, 0.5) is 17.1 Å². The molecule has 2 aromatic rings. The van der Waals surface area contributed by atoms with Crippen molar-refractivity contribution >= 4 is 17.1 Å². The van der Waals surface area contributed by atoms with Crippen molar-refractivity contribution in [2.75, 3.05) is 11.1 Å². The second kappa shape index (κ2) is 5.45. The summed E-state index contributed by atoms with van der Waals surface area (Å²) < 4.78 is 0. The fourth-order valence-corrected chi connectivity index (χ4v) is 1.85. The first-order chi connectivity index (χ1) is 9.10. The lowest BCUT2D eigenvalue weighted by Crippen LogP contribution is -1.97. The quantitative estimate of drug-likeness (QED) is 0.810. The number of nitrogens with two attached hydrogens (primary N) is 1. The molecule has 0 aromatic heterocycles. The molecule has 0 atom stereocenters. The summed E-state index contributed by atoms with van der Waals surface area (Å²) in [4.78, 5) is 0. The molecular weight excluding hydrogens is 234 g/mol. The highest BCUT2D eigenvalue weighted by Crippen LogP contribution is 2.25. The molecular formula is C16H17N3. The molecule has 0 heterocycles. The lowest BCUT2D eigenvalue weighted by Gasteiger charge is -2.11. The summed E-state index contributed by atoms with van der Waals surface area (Å²) in [6.45, 7) is 4.34. The van der Waals surface area contributed by atoms with Crippen LogP contribution in [0.15, 0.2) is 42.5 Å². The molecule has 0 fully saturated rings. The monoisotopic (exact) mass is 251 g/mol. The first-order valence-electron chi connectivity index (χ1n) is 6.27. The van der Waals surface area contributed by atoms with E-state index in [-0.39, 0.29) is 0 Å². The number of nitriles is 1. The third-order valence-electron chi connectivity index (χ3n) is 3.04. The van der Waals surface area contributed by atoms with E-state index in [1.54, 1.807) is 12.1 Å². The van der Waals surface area contributed by atoms with Crippen molar-refractivity contribution in [1.82, 2.24) is 0 Å². The highest BCUT2D eigenvalue weighted by Gasteiger charge is 2.02. The van der Waals surface area contributed by atoms with Gasteiger partial charge in [0.15, 0.2) is 0 Å². The van der Waals surface area contributed by atoms with E-state index >= 15 is 0 Å². The molecule has 2 rings (SSSR count). The Morgan fingerprint density at radius 3 is 2.32 bits per heavy atom. The van der Waals surface area contributed by atoms with Crippen molar-refractivity contribution in [3.8, 4) is 6.07 Å². The average molecular weight is 251 g/mol. The summed E-state index contributed by atoms with van der Waals surface area (Å²) in [5.74, 6) is 0.522. The Morgan fingerprint density at radius 2 is 1.79 bits per heavy atom. The van der Waals surface area contributed by atoms with Gasteiger partial charge in [-0.1, -0.05) is 26.0 Å². The SMILES string of the molecule is CC(C)c1ccc(Nc2ccc(C#N)cc2N)cc1. The van der Waals surface area contributed by atoms with Crippen LogP contribution in [0.5, 0.6) is 0 Å². The van der Waals surface area contributed by atoms with Crippen LogP contribution in [0.3, 0.4) is 0 Å². The molecule has 96 valence electrons. The molecule has 0 amide bonds. The molecule has 3 nitrogen and oxygen atoms in total. The molecule has 19 heavy (non-hydrogen) atoms. The molecule has 0 radical (unpaired) electrons. The van der Waals surface area contributed by atoms with Gasteiger partial charge in [0.05, 0.1) is 23.0 Å². The Labute approximate surface area is 113 Å². The Kier molecular flexibility index (Phi) is 3.72. The summed E-state index contributed by atoms with van der Waals surface area (Å²) in [5.41, 5.74) is 10.2. The van der Waals surface area contributed by atoms with Gasteiger partial charge in [0.2, 0.25) is 0 Å². The molecule has 2 aromatic carbocycles. The van der Waals surface area contributed by atoms with Crippen LogP contribution in [0.2, 0.25) is 0 Å². The highest BCUT2D eigenvalue weighted by molar-refractivity contribution is 5.73. The van der Waals surface area contributed by atoms with Crippen LogP contribution >= 0.6 is 0 Å². The molecule has 0 saturated heterocycles. The van der Waals surface area contributed by atoms with E-state index in [9.17, 15) is 0 Å². The second-order valence-corrected chi connectivity index (χ2v) is 4.82. The fraction of sp³-hybridized carbons (Fsp3) is 0.188. The predicted octanol–water partition coefficient (Wildman–Crippen LogP) is 4.01. The number of nitrogen functional groups attached to an aromatic ring is 1. The van der Waals surface area contributed by atoms with Crippen LogP contribution in [-0.4, -0.2) is 0 Å². The first-order valence-corrected chi connectivity index (χ1v) is 6.27. The van der Waals surface area contributed by atoms with Gasteiger partial charge in [0.1, 0.15) is 0 Å². The first kappa shape index (κ1) is 13.0. The number of nitrogens with one attached hydrogen (secondary N) is 1. The Bertz CT molecular complexity index is 607. The summed E-state index contributed by atoms with van der Waals surface area (Å²) >= 11 is 0. The van der Waals surface area contributed by atoms with Gasteiger partial charge in [-0.15, -0.1) is 0 Å². The van der Waals surface area contributed by atoms with Crippen molar-refractivity contribution in [2.45, 2.75) is 19.8 Å². The maximum absolute atomic E-state index is 8.80. The van der Waals surface area contributed by atoms with Crippen molar-refractivity contribution in [1.29, 1.82) is 5.26 Å². The van der Waals surface area contributed by atoms with Gasteiger partial charge in [-0.3, -0.25) is 0 Å². The fourth-order valence-electron chi connectivity index (χ4n) is 1.85. The second-order valence-electron chi connectivity index (χ2n) is 4.82. The van der Waals surface area contributed by atoms with E-state index in [4.69, 9.17) is 11.0 Å². The van der Waals surface area contributed by atoms with Gasteiger partial charge >= 0.3 is 0 Å². The maximum atomic E-state index is 8.80. The van der Waals surface area contributed by atoms with Crippen molar-refractivity contribution < 1.29 is 0 Å². The van der Waals surface area contributed by atoms with Crippen molar-refractivity contribution in [2.24, 2.45) is 0 Å². The van der Waals surface area contributed by atoms with E-state index in [0.29, 0.717) is 17.2 Å². The van der Waals surface area contributed by atoms with E-state index in [2.05, 4.69) is 37.4 Å². The van der Waals surface area contributed by atoms with Gasteiger partial charge in [-0.25, -0.2) is 0 Å². The molecule has 0 spiro atoms. The van der Waals surface area contributed by atoms with Gasteiger partial charge < -0.3 is 11.1 Å². The van der Waals surface area contributed by atoms with Crippen molar-refractivity contribution in [3.05, 3.63) is 53.6 Å². The zero-order chi connectivity index (χ0) is 13.8. The molecule has 0 aliphatic heterocycles. The minimum Gasteiger partial charge on any atom is -0.397 e. The average Bonchev–Trinajstić information content (AvgIpc) is 2.41. The third-order valence-corrected chi connectivity index (χ3v) is 3.04. The maximum Gasteiger partial charge on any atom is 0.0992 e. The van der Waals surface area contributed by atoms with Gasteiger partial charge in [0, 0.05) is 5.69 Å². The molecule has 3 N–H and O–H groups in total. The highest BCUT2D eigenvalue weighted by atomic mass is 14.9. The van der Waals surface area contributed by atoms with E-state index in [1.807, 2.05) is 18.2 Å². The summed E-state index contributed by atoms with van der Waals surface area (Å²) in [6, 6.07) is 15.6. The number of nitrogens with zero attached hydrogens (tertiary/aromatic N) is 1. The number of anilines is 3. The molecule has 0 bridgehead atoms. The number of hydrogen-bond acceptors (Lipinski definition) is 3. The molecule has 0 aliphatic rings. The standard InChI is InChI=1S/C16H17N3/c1-11(2)13-4-6-14(7-5-13)19-16-8-3-12(10-17)9-15(16)18/h3-9,11,19H,18H2,1-2H3. The smallest absolute Gasteiger partial charge is 0.0992 e. The zero-order valence-corrected chi connectivity index (χ0v) is 11.1. The van der Waals surface area contributed by atoms with Crippen LogP contribution in [0.25, 0.3) is 0 Å². The topological polar surface area (TPSA) is 61.8 Å². The number of benzene rings is 2. The minimum atomic E-state index is 0.522. The van der Waals surface area contributed by atoms with Crippen LogP contribution < -0.4 is 11.1 Å². The van der Waals surface area contributed by atoms with Gasteiger partial charge in [0.25, 0.3) is 0 Å². The molecule has 0 saturated carbocycles. The largest absolute Gasteiger partial charge is 0.397 e. The van der Waals surface area contributed by atoms with E-state index in [1.165, 1.54) is 5.56 Å². The normalized spacial score (nSPS) is 10.2. The predicted molar refractivity (Wildman–Crippen MR) is 79.4 cm³/mol. The van der Waals surface area contributed by atoms with E-state index < -0.39 is 0 Å². The zero-order valence-electron chi connectivity index (χ0n) is 11.1. The molecule has 3 heteroatoms. The summed E-state index contributed by atoms with van der Waals surface area (Å²) in [6.07, 6.45) is 0. The van der Waals surface area contributed by atoms with Crippen molar-refractivity contribution in [3.63, 3.8) is 0 Å². The Balaban J connectivity index is 2.19. The lowest BCUT2D eigenvalue weighted by molar-refractivity contribution is 0.867. The van der Waals surface area contributed by atoms with Crippen LogP contribution in [-0.2, 0) is 0 Å². The van der Waals surface area contributed by atoms with E-state index in [0.717, 1.165) is 11.4 Å². The van der Waals surface area contributed by atoms with Crippen LogP contribution in [0.1, 0.15) is 30.9 Å². The Morgan fingerprint density at radius 1 is 1.11 bits per heavy atom. The summed E-state index contributed by atoms with van der Waals surface area (Å²) in [5, 5.41) is 12.1. The minimum absolute atomic E-state index is 0.522. The Hall–Kier alpha value is -2.47. The lowest BCUT2D eigenvalue weighted by atomic mass is 10.0. The number of hydrogen-bond donors (Lipinski definition) is 2. The van der Waals surface area contributed by atoms with Crippen LogP contribution in [0, 0.1) is 11.3 Å². The number of rotatable bonds is 3. The molecule has 0 unspecified atom stereocenters. The summed E-state index contributed by atoms with van der Waals surface area (Å²) in [7, 11) is 0. The molecule has 0 aliphatic carbocycles. The van der Waals surface area contributed by atoms with Gasteiger partial charge in [-0.05, 0) is 41.8 Å². The van der Waals surface area contributed by atoms with Gasteiger partial charge in [-0.2, -0.15) is 5.26 Å².